The summed E-state index contributed by atoms with van der Waals surface area (Å²) in [5, 5.41) is 0.636. The molecule has 2 heterocycles. The second-order valence-electron chi connectivity index (χ2n) is 10.3. The van der Waals surface area contributed by atoms with Gasteiger partial charge in [-0.1, -0.05) is 78.4 Å². The third-order valence-electron chi connectivity index (χ3n) is 7.22. The minimum Gasteiger partial charge on any atom is -0.298 e. The van der Waals surface area contributed by atoms with Gasteiger partial charge in [-0.3, -0.25) is 18.8 Å². The Labute approximate surface area is 227 Å². The zero-order chi connectivity index (χ0) is 27.0. The van der Waals surface area contributed by atoms with Gasteiger partial charge in [0.25, 0.3) is 5.56 Å². The highest BCUT2D eigenvalue weighted by Gasteiger charge is 2.23. The SMILES string of the molecule is Cc1ccc(-c2sc3c(c2CN(C)Cc2ccccc2)c(=O)n(C)c(=O)n3Cc2ccc(C)c(C)c2)cc1. The van der Waals surface area contributed by atoms with E-state index in [1.807, 2.05) is 18.2 Å². The summed E-state index contributed by atoms with van der Waals surface area (Å²) in [7, 11) is 3.66. The Morgan fingerprint density at radius 1 is 0.816 bits per heavy atom. The van der Waals surface area contributed by atoms with Crippen molar-refractivity contribution in [2.24, 2.45) is 7.05 Å². The van der Waals surface area contributed by atoms with Crippen LogP contribution in [-0.4, -0.2) is 21.1 Å². The number of benzene rings is 3. The molecule has 3 aromatic carbocycles. The molecule has 6 heteroatoms. The number of thiophene rings is 1. The third-order valence-corrected chi connectivity index (χ3v) is 8.52. The van der Waals surface area contributed by atoms with Crippen molar-refractivity contribution in [1.29, 1.82) is 0 Å². The molecule has 5 aromatic rings. The summed E-state index contributed by atoms with van der Waals surface area (Å²) < 4.78 is 3.03. The topological polar surface area (TPSA) is 47.2 Å². The summed E-state index contributed by atoms with van der Waals surface area (Å²) in [4.78, 5) is 31.1. The van der Waals surface area contributed by atoms with Crippen molar-refractivity contribution in [3.63, 3.8) is 0 Å². The predicted octanol–water partition coefficient (Wildman–Crippen LogP) is 6.03. The van der Waals surface area contributed by atoms with Gasteiger partial charge in [-0.15, -0.1) is 11.3 Å². The van der Waals surface area contributed by atoms with Crippen LogP contribution in [0.2, 0.25) is 0 Å². The monoisotopic (exact) mass is 523 g/mol. The fraction of sp³-hybridized carbons (Fsp3) is 0.250. The molecule has 0 aliphatic carbocycles. The van der Waals surface area contributed by atoms with Gasteiger partial charge in [0.1, 0.15) is 4.83 Å². The Morgan fingerprint density at radius 2 is 1.53 bits per heavy atom. The van der Waals surface area contributed by atoms with Crippen molar-refractivity contribution in [1.82, 2.24) is 14.0 Å². The maximum Gasteiger partial charge on any atom is 0.332 e. The van der Waals surface area contributed by atoms with Crippen LogP contribution >= 0.6 is 11.3 Å². The van der Waals surface area contributed by atoms with E-state index in [-0.39, 0.29) is 11.2 Å². The number of nitrogens with zero attached hydrogens (tertiary/aromatic N) is 3. The standard InChI is InChI=1S/C32H33N3O2S/c1-21-11-15-26(16-12-21)29-27(20-33(4)18-24-9-7-6-8-10-24)28-30(36)34(5)32(37)35(31(28)38-29)19-25-14-13-22(2)23(3)17-25/h6-17H,18-20H2,1-5H3. The van der Waals surface area contributed by atoms with Crippen molar-refractivity contribution in [3.05, 3.63) is 127 Å². The van der Waals surface area contributed by atoms with E-state index in [4.69, 9.17) is 0 Å². The Balaban J connectivity index is 1.70. The van der Waals surface area contributed by atoms with Gasteiger partial charge >= 0.3 is 5.69 Å². The van der Waals surface area contributed by atoms with Crippen LogP contribution in [0.3, 0.4) is 0 Å². The van der Waals surface area contributed by atoms with Gasteiger partial charge in [0.2, 0.25) is 0 Å². The molecule has 0 atom stereocenters. The second kappa shape index (κ2) is 10.6. The number of aryl methyl sites for hydroxylation is 3. The van der Waals surface area contributed by atoms with E-state index < -0.39 is 0 Å². The molecule has 0 bridgehead atoms. The lowest BCUT2D eigenvalue weighted by Gasteiger charge is -2.18. The highest BCUT2D eigenvalue weighted by molar-refractivity contribution is 7.22. The van der Waals surface area contributed by atoms with Crippen LogP contribution in [0.4, 0.5) is 0 Å². The second-order valence-corrected chi connectivity index (χ2v) is 11.3. The van der Waals surface area contributed by atoms with Crippen molar-refractivity contribution in [3.8, 4) is 10.4 Å². The van der Waals surface area contributed by atoms with Gasteiger partial charge in [0, 0.05) is 25.0 Å². The molecule has 5 nitrogen and oxygen atoms in total. The average Bonchev–Trinajstić information content (AvgIpc) is 3.27. The van der Waals surface area contributed by atoms with Crippen molar-refractivity contribution < 1.29 is 0 Å². The van der Waals surface area contributed by atoms with Crippen LogP contribution in [-0.2, 0) is 26.7 Å². The van der Waals surface area contributed by atoms with Gasteiger partial charge in [-0.05, 0) is 61.2 Å². The molecule has 5 rings (SSSR count). The minimum absolute atomic E-state index is 0.237. The zero-order valence-electron chi connectivity index (χ0n) is 22.6. The van der Waals surface area contributed by atoms with E-state index in [9.17, 15) is 9.59 Å². The minimum atomic E-state index is -0.290. The fourth-order valence-electron chi connectivity index (χ4n) is 4.92. The first-order chi connectivity index (χ1) is 18.2. The van der Waals surface area contributed by atoms with Crippen molar-refractivity contribution >= 4 is 21.6 Å². The van der Waals surface area contributed by atoms with Crippen molar-refractivity contribution in [2.75, 3.05) is 7.05 Å². The number of rotatable bonds is 7. The van der Waals surface area contributed by atoms with Crippen LogP contribution in [0, 0.1) is 20.8 Å². The van der Waals surface area contributed by atoms with E-state index in [0.29, 0.717) is 18.5 Å². The molecular weight excluding hydrogens is 490 g/mol. The van der Waals surface area contributed by atoms with Crippen LogP contribution < -0.4 is 11.2 Å². The summed E-state index contributed by atoms with van der Waals surface area (Å²) in [5.74, 6) is 0. The lowest BCUT2D eigenvalue weighted by molar-refractivity contribution is 0.321. The largest absolute Gasteiger partial charge is 0.332 e. The predicted molar refractivity (Wildman–Crippen MR) is 158 cm³/mol. The van der Waals surface area contributed by atoms with Crippen molar-refractivity contribution in [2.45, 2.75) is 40.4 Å². The highest BCUT2D eigenvalue weighted by Crippen LogP contribution is 2.38. The zero-order valence-corrected chi connectivity index (χ0v) is 23.4. The van der Waals surface area contributed by atoms with Gasteiger partial charge < -0.3 is 0 Å². The Bertz CT molecular complexity index is 1730. The first-order valence-electron chi connectivity index (χ1n) is 12.8. The Morgan fingerprint density at radius 3 is 2.21 bits per heavy atom. The van der Waals surface area contributed by atoms with Gasteiger partial charge in [-0.25, -0.2) is 4.79 Å². The van der Waals surface area contributed by atoms with Crippen LogP contribution in [0.5, 0.6) is 0 Å². The van der Waals surface area contributed by atoms with Gasteiger partial charge in [0.05, 0.1) is 11.9 Å². The average molecular weight is 524 g/mol. The highest BCUT2D eigenvalue weighted by atomic mass is 32.1. The summed E-state index contributed by atoms with van der Waals surface area (Å²) in [6.07, 6.45) is 0. The lowest BCUT2D eigenvalue weighted by atomic mass is 10.0. The molecule has 194 valence electrons. The maximum absolute atomic E-state index is 13.6. The van der Waals surface area contributed by atoms with E-state index in [2.05, 4.69) is 87.3 Å². The molecule has 0 saturated heterocycles. The maximum atomic E-state index is 13.6. The molecule has 2 aromatic heterocycles. The third kappa shape index (κ3) is 5.02. The number of hydrogen-bond acceptors (Lipinski definition) is 4. The number of fused-ring (bicyclic) bond motifs is 1. The van der Waals surface area contributed by atoms with Gasteiger partial charge in [-0.2, -0.15) is 0 Å². The lowest BCUT2D eigenvalue weighted by Crippen LogP contribution is -2.38. The molecule has 38 heavy (non-hydrogen) atoms. The quantitative estimate of drug-likeness (QED) is 0.262. The summed E-state index contributed by atoms with van der Waals surface area (Å²) in [5.41, 5.74) is 7.35. The Hall–Kier alpha value is -3.74. The molecule has 0 aliphatic rings. The van der Waals surface area contributed by atoms with Crippen LogP contribution in [0.15, 0.2) is 82.4 Å². The van der Waals surface area contributed by atoms with E-state index in [0.717, 1.165) is 32.9 Å². The smallest absolute Gasteiger partial charge is 0.298 e. The van der Waals surface area contributed by atoms with Crippen LogP contribution in [0.1, 0.15) is 33.4 Å². The van der Waals surface area contributed by atoms with E-state index >= 15 is 0 Å². The normalized spacial score (nSPS) is 11.5. The molecule has 0 spiro atoms. The number of hydrogen-bond donors (Lipinski definition) is 0. The molecular formula is C32H33N3O2S. The fourth-order valence-corrected chi connectivity index (χ4v) is 6.22. The first kappa shape index (κ1) is 25.9. The molecule has 0 radical (unpaired) electrons. The number of aromatic nitrogens is 2. The van der Waals surface area contributed by atoms with E-state index in [1.54, 1.807) is 23.0 Å². The van der Waals surface area contributed by atoms with E-state index in [1.165, 1.54) is 26.8 Å². The molecule has 0 amide bonds. The summed E-state index contributed by atoms with van der Waals surface area (Å²) >= 11 is 1.54. The summed E-state index contributed by atoms with van der Waals surface area (Å²) in [6.45, 7) is 8.00. The Kier molecular flexibility index (Phi) is 7.19. The molecule has 0 aliphatic heterocycles. The van der Waals surface area contributed by atoms with Crippen LogP contribution in [0.25, 0.3) is 20.7 Å². The molecule has 0 fully saturated rings. The molecule has 0 saturated carbocycles. The molecule has 0 N–H and O–H groups in total. The molecule has 0 unspecified atom stereocenters. The first-order valence-corrected chi connectivity index (χ1v) is 13.7. The summed E-state index contributed by atoms with van der Waals surface area (Å²) in [6, 6.07) is 25.0. The van der Waals surface area contributed by atoms with Gasteiger partial charge in [0.15, 0.2) is 0 Å².